The van der Waals surface area contributed by atoms with Crippen molar-refractivity contribution in [3.8, 4) is 11.5 Å². The molecular weight excluding hydrogens is 256 g/mol. The van der Waals surface area contributed by atoms with Gasteiger partial charge in [0.2, 0.25) is 5.91 Å². The molecule has 1 rings (SSSR count). The normalized spacial score (nSPS) is 10.8. The van der Waals surface area contributed by atoms with E-state index in [-0.39, 0.29) is 18.5 Å². The van der Waals surface area contributed by atoms with Crippen LogP contribution in [0.1, 0.15) is 20.8 Å². The zero-order valence-electron chi connectivity index (χ0n) is 12.5. The number of ether oxygens (including phenoxy) is 2. The molecule has 0 unspecified atom stereocenters. The number of hydrogen-bond acceptors (Lipinski definition) is 4. The first-order valence-electron chi connectivity index (χ1n) is 6.91. The van der Waals surface area contributed by atoms with Crippen LogP contribution in [0.15, 0.2) is 24.3 Å². The van der Waals surface area contributed by atoms with Gasteiger partial charge < -0.3 is 15.2 Å². The summed E-state index contributed by atoms with van der Waals surface area (Å²) in [6.07, 6.45) is 0. The minimum Gasteiger partial charge on any atom is -0.494 e. The third-order valence-corrected chi connectivity index (χ3v) is 2.87. The lowest BCUT2D eigenvalue weighted by atomic mass is 10.3. The van der Waals surface area contributed by atoms with Crippen LogP contribution in [0, 0.1) is 0 Å². The van der Waals surface area contributed by atoms with E-state index in [1.165, 1.54) is 0 Å². The molecule has 1 aromatic rings. The van der Waals surface area contributed by atoms with Gasteiger partial charge in [0.1, 0.15) is 18.1 Å². The third-order valence-electron chi connectivity index (χ3n) is 2.87. The molecule has 0 radical (unpaired) electrons. The van der Waals surface area contributed by atoms with Gasteiger partial charge in [-0.25, -0.2) is 0 Å². The second kappa shape index (κ2) is 8.43. The molecule has 0 aliphatic rings. The third kappa shape index (κ3) is 5.93. The molecule has 0 aliphatic carbocycles. The molecule has 0 heterocycles. The number of benzene rings is 1. The molecule has 1 amide bonds. The molecule has 0 saturated heterocycles. The summed E-state index contributed by atoms with van der Waals surface area (Å²) in [4.78, 5) is 13.0. The monoisotopic (exact) mass is 280 g/mol. The number of carbonyl (C=O) groups excluding carboxylic acids is 1. The number of nitrogens with two attached hydrogens (primary N) is 1. The first-order chi connectivity index (χ1) is 9.52. The van der Waals surface area contributed by atoms with Crippen molar-refractivity contribution in [1.82, 2.24) is 4.90 Å². The molecule has 20 heavy (non-hydrogen) atoms. The Hall–Kier alpha value is -1.75. The van der Waals surface area contributed by atoms with Crippen molar-refractivity contribution in [2.75, 3.05) is 26.3 Å². The fourth-order valence-electron chi connectivity index (χ4n) is 1.80. The summed E-state index contributed by atoms with van der Waals surface area (Å²) in [5.41, 5.74) is 5.22. The zero-order valence-corrected chi connectivity index (χ0v) is 12.5. The maximum atomic E-state index is 11.0. The molecule has 0 bridgehead atoms. The van der Waals surface area contributed by atoms with Gasteiger partial charge in [-0.15, -0.1) is 0 Å². The summed E-state index contributed by atoms with van der Waals surface area (Å²) >= 11 is 0. The fraction of sp³-hybridized carbons (Fsp3) is 0.533. The van der Waals surface area contributed by atoms with Gasteiger partial charge in [-0.1, -0.05) is 0 Å². The average molecular weight is 280 g/mol. The van der Waals surface area contributed by atoms with E-state index in [1.54, 1.807) is 0 Å². The fourth-order valence-corrected chi connectivity index (χ4v) is 1.80. The largest absolute Gasteiger partial charge is 0.494 e. The lowest BCUT2D eigenvalue weighted by Gasteiger charge is -2.24. The standard InChI is InChI=1S/C15H24N2O3/c1-4-19-13-5-7-14(8-6-13)20-10-9-17(12(2)3)11-15(16)18/h5-8,12H,4,9-11H2,1-3H3,(H2,16,18). The maximum absolute atomic E-state index is 11.0. The highest BCUT2D eigenvalue weighted by atomic mass is 16.5. The van der Waals surface area contributed by atoms with Crippen LogP contribution in [0.25, 0.3) is 0 Å². The highest BCUT2D eigenvalue weighted by Gasteiger charge is 2.11. The van der Waals surface area contributed by atoms with Crippen LogP contribution in [0.2, 0.25) is 0 Å². The van der Waals surface area contributed by atoms with E-state index in [0.29, 0.717) is 19.8 Å². The number of rotatable bonds is 9. The van der Waals surface area contributed by atoms with Crippen LogP contribution < -0.4 is 15.2 Å². The van der Waals surface area contributed by atoms with Gasteiger partial charge in [0, 0.05) is 12.6 Å². The Bertz CT molecular complexity index is 404. The second-order valence-electron chi connectivity index (χ2n) is 4.78. The van der Waals surface area contributed by atoms with Crippen molar-refractivity contribution in [2.45, 2.75) is 26.8 Å². The van der Waals surface area contributed by atoms with E-state index >= 15 is 0 Å². The first kappa shape index (κ1) is 16.3. The summed E-state index contributed by atoms with van der Waals surface area (Å²) in [7, 11) is 0. The Labute approximate surface area is 120 Å². The van der Waals surface area contributed by atoms with Gasteiger partial charge >= 0.3 is 0 Å². The van der Waals surface area contributed by atoms with Crippen LogP contribution in [0.3, 0.4) is 0 Å². The Morgan fingerprint density at radius 3 is 2.20 bits per heavy atom. The van der Waals surface area contributed by atoms with Gasteiger partial charge in [0.25, 0.3) is 0 Å². The molecule has 1 aromatic carbocycles. The van der Waals surface area contributed by atoms with Gasteiger partial charge in [0.15, 0.2) is 0 Å². The van der Waals surface area contributed by atoms with Crippen LogP contribution in [0.5, 0.6) is 11.5 Å². The van der Waals surface area contributed by atoms with Crippen molar-refractivity contribution < 1.29 is 14.3 Å². The van der Waals surface area contributed by atoms with Crippen molar-refractivity contribution in [1.29, 1.82) is 0 Å². The lowest BCUT2D eigenvalue weighted by Crippen LogP contribution is -2.40. The van der Waals surface area contributed by atoms with Crippen molar-refractivity contribution in [2.24, 2.45) is 5.73 Å². The molecule has 0 saturated carbocycles. The average Bonchev–Trinajstić information content (AvgIpc) is 2.39. The Kier molecular flexibility index (Phi) is 6.87. The number of nitrogens with zero attached hydrogens (tertiary/aromatic N) is 1. The van der Waals surface area contributed by atoms with Crippen LogP contribution in [0.4, 0.5) is 0 Å². The van der Waals surface area contributed by atoms with E-state index in [4.69, 9.17) is 15.2 Å². The second-order valence-corrected chi connectivity index (χ2v) is 4.78. The van der Waals surface area contributed by atoms with Crippen LogP contribution in [-0.4, -0.2) is 43.2 Å². The predicted octanol–water partition coefficient (Wildman–Crippen LogP) is 1.66. The van der Waals surface area contributed by atoms with E-state index < -0.39 is 0 Å². The molecular formula is C15H24N2O3. The first-order valence-corrected chi connectivity index (χ1v) is 6.91. The van der Waals surface area contributed by atoms with Crippen molar-refractivity contribution in [3.63, 3.8) is 0 Å². The summed E-state index contributed by atoms with van der Waals surface area (Å²) < 4.78 is 11.0. The Balaban J connectivity index is 2.40. The minimum atomic E-state index is -0.320. The highest BCUT2D eigenvalue weighted by Crippen LogP contribution is 2.17. The molecule has 5 heteroatoms. The number of hydrogen-bond donors (Lipinski definition) is 1. The molecule has 0 atom stereocenters. The SMILES string of the molecule is CCOc1ccc(OCCN(CC(N)=O)C(C)C)cc1. The minimum absolute atomic E-state index is 0.254. The Morgan fingerprint density at radius 2 is 1.75 bits per heavy atom. The molecule has 2 N–H and O–H groups in total. The van der Waals surface area contributed by atoms with Gasteiger partial charge in [-0.2, -0.15) is 0 Å². The quantitative estimate of drug-likeness (QED) is 0.747. The summed E-state index contributed by atoms with van der Waals surface area (Å²) in [5, 5.41) is 0. The van der Waals surface area contributed by atoms with E-state index in [0.717, 1.165) is 11.5 Å². The lowest BCUT2D eigenvalue weighted by molar-refractivity contribution is -0.119. The summed E-state index contributed by atoms with van der Waals surface area (Å²) in [6.45, 7) is 8.08. The van der Waals surface area contributed by atoms with Crippen molar-refractivity contribution >= 4 is 5.91 Å². The smallest absolute Gasteiger partial charge is 0.231 e. The molecule has 0 aliphatic heterocycles. The van der Waals surface area contributed by atoms with E-state index in [1.807, 2.05) is 49.9 Å². The van der Waals surface area contributed by atoms with Gasteiger partial charge in [0.05, 0.1) is 13.2 Å². The van der Waals surface area contributed by atoms with Crippen LogP contribution >= 0.6 is 0 Å². The number of carbonyl (C=O) groups is 1. The molecule has 0 aromatic heterocycles. The maximum Gasteiger partial charge on any atom is 0.231 e. The molecule has 5 nitrogen and oxygen atoms in total. The summed E-state index contributed by atoms with van der Waals surface area (Å²) in [6, 6.07) is 7.76. The highest BCUT2D eigenvalue weighted by molar-refractivity contribution is 5.75. The van der Waals surface area contributed by atoms with Gasteiger partial charge in [-0.3, -0.25) is 9.69 Å². The molecule has 112 valence electrons. The molecule has 0 fully saturated rings. The number of primary amides is 1. The van der Waals surface area contributed by atoms with Crippen LogP contribution in [-0.2, 0) is 4.79 Å². The Morgan fingerprint density at radius 1 is 1.20 bits per heavy atom. The zero-order chi connectivity index (χ0) is 15.0. The molecule has 0 spiro atoms. The van der Waals surface area contributed by atoms with E-state index in [9.17, 15) is 4.79 Å². The topological polar surface area (TPSA) is 64.8 Å². The van der Waals surface area contributed by atoms with Crippen molar-refractivity contribution in [3.05, 3.63) is 24.3 Å². The van der Waals surface area contributed by atoms with Gasteiger partial charge in [-0.05, 0) is 45.0 Å². The predicted molar refractivity (Wildman–Crippen MR) is 79.0 cm³/mol. The number of amides is 1. The summed E-state index contributed by atoms with van der Waals surface area (Å²) in [5.74, 6) is 1.30. The van der Waals surface area contributed by atoms with E-state index in [2.05, 4.69) is 0 Å².